The highest BCUT2D eigenvalue weighted by Gasteiger charge is 2.73. The minimum atomic E-state index is -6.24. The second-order valence-corrected chi connectivity index (χ2v) is 14.6. The summed E-state index contributed by atoms with van der Waals surface area (Å²) in [5.74, 6) is -4.25. The van der Waals surface area contributed by atoms with E-state index in [2.05, 4.69) is 10.1 Å². The Labute approximate surface area is 281 Å². The first kappa shape index (κ1) is 37.6. The number of nitrogens with one attached hydrogen (secondary N) is 1. The van der Waals surface area contributed by atoms with Gasteiger partial charge in [0.1, 0.15) is 22.2 Å². The number of ether oxygens (including phenoxy) is 1. The zero-order valence-corrected chi connectivity index (χ0v) is 26.9. The quantitative estimate of drug-likeness (QED) is 0.210. The number of likely N-dealkylation sites (tertiary alicyclic amines) is 1. The lowest BCUT2D eigenvalue weighted by atomic mass is 9.78. The topological polar surface area (TPSA) is 95.9 Å². The molecule has 0 bridgehead atoms. The molecule has 5 rings (SSSR count). The van der Waals surface area contributed by atoms with E-state index in [1.165, 1.54) is 4.90 Å². The maximum Gasteiger partial charge on any atom is 0.430 e. The van der Waals surface area contributed by atoms with E-state index in [1.54, 1.807) is 0 Å². The van der Waals surface area contributed by atoms with Gasteiger partial charge in [0.2, 0.25) is 5.91 Å². The van der Waals surface area contributed by atoms with Gasteiger partial charge in [-0.05, 0) is 74.3 Å². The molecular formula is C33H31F9N2O5S. The summed E-state index contributed by atoms with van der Waals surface area (Å²) in [4.78, 5) is 14.6. The Bertz CT molecular complexity index is 1780. The lowest BCUT2D eigenvalue weighted by Gasteiger charge is -2.39. The average Bonchev–Trinajstić information content (AvgIpc) is 3.53. The minimum absolute atomic E-state index is 0.206. The molecule has 17 heteroatoms. The number of hydrogen-bond acceptors (Lipinski definition) is 6. The number of hydrogen-bond donors (Lipinski definition) is 2. The first-order valence-corrected chi connectivity index (χ1v) is 16.8. The van der Waals surface area contributed by atoms with Gasteiger partial charge in [0, 0.05) is 24.2 Å². The van der Waals surface area contributed by atoms with Gasteiger partial charge >= 0.3 is 12.4 Å². The number of rotatable bonds is 9. The van der Waals surface area contributed by atoms with E-state index in [9.17, 15) is 57.8 Å². The number of piperidine rings is 1. The summed E-state index contributed by atoms with van der Waals surface area (Å²) in [6.45, 7) is -2.36. The lowest BCUT2D eigenvalue weighted by molar-refractivity contribution is -0.392. The molecule has 3 aromatic carbocycles. The van der Waals surface area contributed by atoms with Gasteiger partial charge < -0.3 is 20.1 Å². The Balaban J connectivity index is 1.61. The van der Waals surface area contributed by atoms with E-state index in [1.807, 2.05) is 0 Å². The van der Waals surface area contributed by atoms with Crippen molar-refractivity contribution in [2.45, 2.75) is 53.5 Å². The van der Waals surface area contributed by atoms with Crippen LogP contribution in [0.2, 0.25) is 0 Å². The van der Waals surface area contributed by atoms with Crippen molar-refractivity contribution >= 4 is 15.7 Å². The van der Waals surface area contributed by atoms with Gasteiger partial charge in [0.25, 0.3) is 5.60 Å². The third kappa shape index (κ3) is 6.26. The molecule has 3 aromatic rings. The highest BCUT2D eigenvalue weighted by atomic mass is 32.2. The Morgan fingerprint density at radius 3 is 1.92 bits per heavy atom. The van der Waals surface area contributed by atoms with E-state index < -0.39 is 97.1 Å². The summed E-state index contributed by atoms with van der Waals surface area (Å²) in [6.07, 6.45) is -12.4. The summed E-state index contributed by atoms with van der Waals surface area (Å²) in [5, 5.41) is 13.3. The van der Waals surface area contributed by atoms with E-state index in [0.29, 0.717) is 37.4 Å². The van der Waals surface area contributed by atoms with Crippen molar-refractivity contribution in [3.8, 4) is 0 Å². The van der Waals surface area contributed by atoms with Crippen LogP contribution in [0.15, 0.2) is 71.6 Å². The van der Waals surface area contributed by atoms with Crippen molar-refractivity contribution < 1.29 is 62.6 Å². The number of halogens is 9. The van der Waals surface area contributed by atoms with E-state index >= 15 is 0 Å². The number of carbonyl (C=O) groups is 1. The number of carbonyl (C=O) groups excluding carboxylic acids is 1. The minimum Gasteiger partial charge on any atom is -0.395 e. The van der Waals surface area contributed by atoms with Crippen molar-refractivity contribution in [1.29, 1.82) is 0 Å². The molecule has 1 atom stereocenters. The Morgan fingerprint density at radius 2 is 1.40 bits per heavy atom. The molecule has 0 radical (unpaired) electrons. The number of amides is 1. The number of benzene rings is 3. The summed E-state index contributed by atoms with van der Waals surface area (Å²) in [6, 6.07) is 7.91. The lowest BCUT2D eigenvalue weighted by Crippen LogP contribution is -2.56. The first-order chi connectivity index (χ1) is 23.3. The van der Waals surface area contributed by atoms with Crippen molar-refractivity contribution in [3.63, 3.8) is 0 Å². The Morgan fingerprint density at radius 1 is 0.840 bits per heavy atom. The van der Waals surface area contributed by atoms with E-state index in [4.69, 9.17) is 0 Å². The number of sulfone groups is 1. The van der Waals surface area contributed by atoms with Gasteiger partial charge in [-0.25, -0.2) is 21.6 Å². The van der Waals surface area contributed by atoms with Crippen LogP contribution in [-0.4, -0.2) is 69.5 Å². The maximum atomic E-state index is 14.5. The molecule has 0 saturated carbocycles. The third-order valence-corrected chi connectivity index (χ3v) is 12.1. The Kier molecular flexibility index (Phi) is 10.1. The zero-order valence-electron chi connectivity index (χ0n) is 26.1. The van der Waals surface area contributed by atoms with Gasteiger partial charge in [-0.3, -0.25) is 4.79 Å². The molecule has 2 aliphatic heterocycles. The summed E-state index contributed by atoms with van der Waals surface area (Å²) < 4.78 is 160. The maximum absolute atomic E-state index is 14.5. The van der Waals surface area contributed by atoms with E-state index in [0.717, 1.165) is 42.5 Å². The normalized spacial score (nSPS) is 20.2. The molecule has 0 aliphatic carbocycles. The van der Waals surface area contributed by atoms with Crippen LogP contribution in [0.1, 0.15) is 36.0 Å². The zero-order chi connectivity index (χ0) is 36.8. The standard InChI is InChI=1S/C33H31F9N2O5S/c34-23-8-10-24(11-9-23)50(47,48)30(14-17-44(19-30)28(46)29(20-45)12-15-43-16-13-29)21-4-6-22(7-5-21)31(32(37,38)39,33(40,41)42)49-18-25-26(35)2-1-3-27(25)36/h1-11,43,45H,12-20H2. The van der Waals surface area contributed by atoms with Gasteiger partial charge in [-0.1, -0.05) is 30.3 Å². The largest absolute Gasteiger partial charge is 0.430 e. The van der Waals surface area contributed by atoms with Crippen LogP contribution in [0.5, 0.6) is 0 Å². The van der Waals surface area contributed by atoms with Crippen LogP contribution >= 0.6 is 0 Å². The molecule has 1 amide bonds. The fraction of sp³-hybridized carbons (Fsp3) is 0.424. The van der Waals surface area contributed by atoms with Crippen molar-refractivity contribution in [2.75, 3.05) is 32.8 Å². The summed E-state index contributed by atoms with van der Waals surface area (Å²) >= 11 is 0. The predicted octanol–water partition coefficient (Wildman–Crippen LogP) is 5.90. The van der Waals surface area contributed by atoms with Crippen LogP contribution < -0.4 is 5.32 Å². The molecule has 2 heterocycles. The molecule has 7 nitrogen and oxygen atoms in total. The highest BCUT2D eigenvalue weighted by Crippen LogP contribution is 2.54. The Hall–Kier alpha value is -3.67. The molecule has 0 aromatic heterocycles. The van der Waals surface area contributed by atoms with Crippen LogP contribution in [-0.2, 0) is 36.3 Å². The third-order valence-electron chi connectivity index (χ3n) is 9.59. The first-order valence-electron chi connectivity index (χ1n) is 15.3. The average molecular weight is 739 g/mol. The van der Waals surface area contributed by atoms with Crippen molar-refractivity contribution in [2.24, 2.45) is 5.41 Å². The molecular weight excluding hydrogens is 707 g/mol. The highest BCUT2D eigenvalue weighted by molar-refractivity contribution is 7.92. The van der Waals surface area contributed by atoms with Gasteiger partial charge in [0.05, 0.1) is 23.5 Å². The molecule has 50 heavy (non-hydrogen) atoms. The number of aliphatic hydroxyl groups excluding tert-OH is 1. The number of nitrogens with zero attached hydrogens (tertiary/aromatic N) is 1. The van der Waals surface area contributed by atoms with Gasteiger partial charge in [0.15, 0.2) is 9.84 Å². The fourth-order valence-electron chi connectivity index (χ4n) is 6.68. The van der Waals surface area contributed by atoms with Crippen molar-refractivity contribution in [1.82, 2.24) is 10.2 Å². The predicted molar refractivity (Wildman–Crippen MR) is 159 cm³/mol. The van der Waals surface area contributed by atoms with Crippen LogP contribution in [0.3, 0.4) is 0 Å². The molecule has 2 saturated heterocycles. The molecule has 2 N–H and O–H groups in total. The van der Waals surface area contributed by atoms with Gasteiger partial charge in [-0.15, -0.1) is 0 Å². The molecule has 2 fully saturated rings. The SMILES string of the molecule is O=C(N1CCC(c2ccc(C(OCc3c(F)cccc3F)(C(F)(F)F)C(F)(F)F)cc2)(S(=O)(=O)c2ccc(F)cc2)C1)C1(CO)CCNCC1. The fourth-order valence-corrected chi connectivity index (χ4v) is 8.76. The van der Waals surface area contributed by atoms with E-state index in [-0.39, 0.29) is 31.4 Å². The molecule has 272 valence electrons. The van der Waals surface area contributed by atoms with Crippen LogP contribution in [0.4, 0.5) is 39.5 Å². The summed E-state index contributed by atoms with van der Waals surface area (Å²) in [5.41, 5.74) is -9.40. The summed E-state index contributed by atoms with van der Waals surface area (Å²) in [7, 11) is -4.65. The van der Waals surface area contributed by atoms with Crippen molar-refractivity contribution in [3.05, 3.63) is 101 Å². The van der Waals surface area contributed by atoms with Crippen LogP contribution in [0.25, 0.3) is 0 Å². The molecule has 0 spiro atoms. The molecule has 1 unspecified atom stereocenters. The smallest absolute Gasteiger partial charge is 0.395 e. The second kappa shape index (κ2) is 13.5. The van der Waals surface area contributed by atoms with Gasteiger partial charge in [-0.2, -0.15) is 26.3 Å². The second-order valence-electron chi connectivity index (χ2n) is 12.4. The number of alkyl halides is 6. The monoisotopic (exact) mass is 738 g/mol. The molecule has 2 aliphatic rings. The van der Waals surface area contributed by atoms with Crippen LogP contribution in [0, 0.1) is 22.9 Å². The number of aliphatic hydroxyl groups is 1.